The summed E-state index contributed by atoms with van der Waals surface area (Å²) in [6.45, 7) is 6.39. The molecule has 2 aliphatic heterocycles. The molecule has 0 spiro atoms. The molecule has 4 heteroatoms. The Bertz CT molecular complexity index is 492. The van der Waals surface area contributed by atoms with E-state index >= 15 is 0 Å². The number of nitrogens with zero attached hydrogens (tertiary/aromatic N) is 2. The smallest absolute Gasteiger partial charge is 0.257 e. The van der Waals surface area contributed by atoms with Gasteiger partial charge in [-0.25, -0.2) is 0 Å². The minimum absolute atomic E-state index is 0.159. The average molecular weight is 257 g/mol. The molecular weight excluding hydrogens is 238 g/mol. The first kappa shape index (κ1) is 12.1. The molecule has 1 fully saturated rings. The van der Waals surface area contributed by atoms with Crippen molar-refractivity contribution >= 4 is 11.6 Å². The fourth-order valence-electron chi connectivity index (χ4n) is 2.90. The summed E-state index contributed by atoms with van der Waals surface area (Å²) in [4.78, 5) is 16.7. The summed E-state index contributed by atoms with van der Waals surface area (Å²) in [6.07, 6.45) is 3.92. The second kappa shape index (κ2) is 4.96. The van der Waals surface area contributed by atoms with Crippen LogP contribution in [0.15, 0.2) is 37.0 Å². The average Bonchev–Trinajstić information content (AvgIpc) is 2.48. The van der Waals surface area contributed by atoms with Gasteiger partial charge in [-0.15, -0.1) is 0 Å². The van der Waals surface area contributed by atoms with Crippen LogP contribution in [0.5, 0.6) is 0 Å². The van der Waals surface area contributed by atoms with Crippen LogP contribution in [-0.4, -0.2) is 41.5 Å². The quantitative estimate of drug-likeness (QED) is 0.881. The number of rotatable bonds is 2. The van der Waals surface area contributed by atoms with Crippen LogP contribution < -0.4 is 5.32 Å². The van der Waals surface area contributed by atoms with Gasteiger partial charge < -0.3 is 15.1 Å². The molecule has 1 N–H and O–H groups in total. The number of fused-ring (bicyclic) bond motifs is 1. The molecule has 4 nitrogen and oxygen atoms in total. The molecule has 1 saturated heterocycles. The van der Waals surface area contributed by atoms with Crippen LogP contribution in [-0.2, 0) is 0 Å². The Hall–Kier alpha value is -1.97. The Balaban J connectivity index is 1.74. The van der Waals surface area contributed by atoms with Gasteiger partial charge >= 0.3 is 0 Å². The van der Waals surface area contributed by atoms with Gasteiger partial charge in [-0.05, 0) is 31.2 Å². The summed E-state index contributed by atoms with van der Waals surface area (Å²) in [7, 11) is 0. The second-order valence-electron chi connectivity index (χ2n) is 5.11. The van der Waals surface area contributed by atoms with Gasteiger partial charge in [0.25, 0.3) is 5.91 Å². The fraction of sp³-hybridized carbons (Fsp3) is 0.400. The molecule has 0 aromatic heterocycles. The fourth-order valence-corrected chi connectivity index (χ4v) is 2.90. The molecule has 2 heterocycles. The zero-order chi connectivity index (χ0) is 13.2. The van der Waals surface area contributed by atoms with Gasteiger partial charge in [-0.3, -0.25) is 4.79 Å². The number of benzene rings is 1. The van der Waals surface area contributed by atoms with E-state index in [2.05, 4.69) is 16.8 Å². The maximum absolute atomic E-state index is 12.5. The highest BCUT2D eigenvalue weighted by atomic mass is 16.2. The summed E-state index contributed by atoms with van der Waals surface area (Å²) in [5, 5.41) is 3.34. The molecular formula is C15H19N3O. The number of hydrogen-bond acceptors (Lipinski definition) is 3. The molecule has 0 atom stereocenters. The number of para-hydroxylation sites is 1. The van der Waals surface area contributed by atoms with Crippen LogP contribution in [0.25, 0.3) is 0 Å². The third kappa shape index (κ3) is 2.18. The van der Waals surface area contributed by atoms with Gasteiger partial charge in [0.05, 0.1) is 12.2 Å². The standard InChI is InChI=1S/C15H19N3O/c1-2-17-9-7-12(8-10-17)18-11-16-14-6-4-3-5-13(14)15(18)19/h2-6,12,16H,1,7-11H2. The van der Waals surface area contributed by atoms with E-state index in [1.165, 1.54) is 0 Å². The van der Waals surface area contributed by atoms with Crippen LogP contribution >= 0.6 is 0 Å². The monoisotopic (exact) mass is 257 g/mol. The third-order valence-corrected chi connectivity index (χ3v) is 4.06. The minimum Gasteiger partial charge on any atom is -0.378 e. The highest BCUT2D eigenvalue weighted by Gasteiger charge is 2.31. The van der Waals surface area contributed by atoms with E-state index < -0.39 is 0 Å². The summed E-state index contributed by atoms with van der Waals surface area (Å²) in [5.74, 6) is 0.159. The molecule has 2 aliphatic rings. The second-order valence-corrected chi connectivity index (χ2v) is 5.11. The van der Waals surface area contributed by atoms with Crippen LogP contribution in [0.3, 0.4) is 0 Å². The number of likely N-dealkylation sites (tertiary alicyclic amines) is 1. The Morgan fingerprint density at radius 1 is 1.26 bits per heavy atom. The summed E-state index contributed by atoms with van der Waals surface area (Å²) < 4.78 is 0. The van der Waals surface area contributed by atoms with Crippen molar-refractivity contribution in [2.45, 2.75) is 18.9 Å². The topological polar surface area (TPSA) is 35.6 Å². The zero-order valence-corrected chi connectivity index (χ0v) is 11.0. The maximum atomic E-state index is 12.5. The first-order valence-electron chi connectivity index (χ1n) is 6.80. The number of anilines is 1. The molecule has 1 amide bonds. The molecule has 0 aliphatic carbocycles. The number of carbonyl (C=O) groups excluding carboxylic acids is 1. The van der Waals surface area contributed by atoms with Gasteiger partial charge in [0.1, 0.15) is 0 Å². The van der Waals surface area contributed by atoms with E-state index in [1.54, 1.807) is 0 Å². The molecule has 19 heavy (non-hydrogen) atoms. The molecule has 100 valence electrons. The van der Waals surface area contributed by atoms with Crippen molar-refractivity contribution in [1.82, 2.24) is 9.80 Å². The number of piperidine rings is 1. The first-order chi connectivity index (χ1) is 9.29. The largest absolute Gasteiger partial charge is 0.378 e. The molecule has 0 saturated carbocycles. The van der Waals surface area contributed by atoms with Crippen LogP contribution in [0.2, 0.25) is 0 Å². The summed E-state index contributed by atoms with van der Waals surface area (Å²) in [6, 6.07) is 8.07. The van der Waals surface area contributed by atoms with Crippen molar-refractivity contribution in [2.75, 3.05) is 25.1 Å². The Morgan fingerprint density at radius 3 is 2.74 bits per heavy atom. The van der Waals surface area contributed by atoms with Crippen molar-refractivity contribution in [1.29, 1.82) is 0 Å². The zero-order valence-electron chi connectivity index (χ0n) is 11.0. The summed E-state index contributed by atoms with van der Waals surface area (Å²) in [5.41, 5.74) is 1.74. The predicted molar refractivity (Wildman–Crippen MR) is 75.9 cm³/mol. The summed E-state index contributed by atoms with van der Waals surface area (Å²) >= 11 is 0. The van der Waals surface area contributed by atoms with Gasteiger partial charge in [-0.2, -0.15) is 0 Å². The molecule has 0 bridgehead atoms. The Kier molecular flexibility index (Phi) is 3.15. The number of nitrogens with one attached hydrogen (secondary N) is 1. The highest BCUT2D eigenvalue weighted by molar-refractivity contribution is 6.01. The first-order valence-corrected chi connectivity index (χ1v) is 6.80. The molecule has 0 unspecified atom stereocenters. The van der Waals surface area contributed by atoms with Crippen LogP contribution in [0.1, 0.15) is 23.2 Å². The van der Waals surface area contributed by atoms with E-state index in [1.807, 2.05) is 35.4 Å². The van der Waals surface area contributed by atoms with Crippen molar-refractivity contribution in [3.05, 3.63) is 42.6 Å². The van der Waals surface area contributed by atoms with Crippen LogP contribution in [0.4, 0.5) is 5.69 Å². The van der Waals surface area contributed by atoms with Gasteiger partial charge in [-0.1, -0.05) is 18.7 Å². The molecule has 0 radical (unpaired) electrons. The maximum Gasteiger partial charge on any atom is 0.257 e. The van der Waals surface area contributed by atoms with E-state index in [-0.39, 0.29) is 5.91 Å². The molecule has 1 aromatic carbocycles. The lowest BCUT2D eigenvalue weighted by Gasteiger charge is -2.40. The van der Waals surface area contributed by atoms with Crippen molar-refractivity contribution in [3.8, 4) is 0 Å². The Morgan fingerprint density at radius 2 is 2.00 bits per heavy atom. The Labute approximate surface area is 113 Å². The molecule has 3 rings (SSSR count). The van der Waals surface area contributed by atoms with E-state index in [9.17, 15) is 4.79 Å². The van der Waals surface area contributed by atoms with Gasteiger partial charge in [0.2, 0.25) is 0 Å². The van der Waals surface area contributed by atoms with E-state index in [4.69, 9.17) is 0 Å². The van der Waals surface area contributed by atoms with E-state index in [0.717, 1.165) is 37.2 Å². The number of carbonyl (C=O) groups is 1. The van der Waals surface area contributed by atoms with Crippen molar-refractivity contribution < 1.29 is 4.79 Å². The molecule has 1 aromatic rings. The van der Waals surface area contributed by atoms with E-state index in [0.29, 0.717) is 12.7 Å². The highest BCUT2D eigenvalue weighted by Crippen LogP contribution is 2.26. The van der Waals surface area contributed by atoms with Crippen LogP contribution in [0, 0.1) is 0 Å². The van der Waals surface area contributed by atoms with Crippen molar-refractivity contribution in [2.24, 2.45) is 0 Å². The minimum atomic E-state index is 0.159. The normalized spacial score (nSPS) is 19.9. The SMILES string of the molecule is C=CN1CCC(N2CNc3ccccc3C2=O)CC1. The predicted octanol–water partition coefficient (Wildman–Crippen LogP) is 2.12. The lowest BCUT2D eigenvalue weighted by Crippen LogP contribution is -2.50. The van der Waals surface area contributed by atoms with Crippen molar-refractivity contribution in [3.63, 3.8) is 0 Å². The lowest BCUT2D eigenvalue weighted by atomic mass is 10.0. The third-order valence-electron chi connectivity index (χ3n) is 4.06. The number of amides is 1. The number of hydrogen-bond donors (Lipinski definition) is 1. The lowest BCUT2D eigenvalue weighted by molar-refractivity contribution is 0.0610. The van der Waals surface area contributed by atoms with Gasteiger partial charge in [0, 0.05) is 24.8 Å². The van der Waals surface area contributed by atoms with Gasteiger partial charge in [0.15, 0.2) is 0 Å².